The molecule has 2 fully saturated rings. The van der Waals surface area contributed by atoms with Crippen molar-refractivity contribution in [2.45, 2.75) is 51.2 Å². The lowest BCUT2D eigenvalue weighted by Crippen LogP contribution is -2.35. The maximum Gasteiger partial charge on any atom is 0.149 e. The first-order valence-electron chi connectivity index (χ1n) is 6.54. The van der Waals surface area contributed by atoms with Gasteiger partial charge in [-0.05, 0) is 25.2 Å². The summed E-state index contributed by atoms with van der Waals surface area (Å²) in [5.41, 5.74) is 0.901. The van der Waals surface area contributed by atoms with Gasteiger partial charge in [-0.2, -0.15) is 0 Å². The van der Waals surface area contributed by atoms with Crippen LogP contribution in [0.2, 0.25) is 0 Å². The normalized spacial score (nSPS) is 47.2. The van der Waals surface area contributed by atoms with Crippen molar-refractivity contribution in [3.05, 3.63) is 23.8 Å². The quantitative estimate of drug-likeness (QED) is 0.541. The number of hydrogen-bond donors (Lipinski definition) is 0. The molecule has 0 bridgehead atoms. The van der Waals surface area contributed by atoms with Crippen molar-refractivity contribution in [1.29, 1.82) is 0 Å². The smallest absolute Gasteiger partial charge is 0.149 e. The number of carbonyl (C=O) groups excluding carboxylic acids is 1. The van der Waals surface area contributed by atoms with Gasteiger partial charge < -0.3 is 4.74 Å². The molecule has 0 radical (unpaired) electrons. The van der Waals surface area contributed by atoms with E-state index in [0.29, 0.717) is 5.92 Å². The van der Waals surface area contributed by atoms with Crippen LogP contribution in [0.3, 0.4) is 0 Å². The van der Waals surface area contributed by atoms with Gasteiger partial charge in [0, 0.05) is 11.0 Å². The SMILES string of the molecule is CC(C)[C@]12CC[C@@]3(C)C=CC(C=O)=CC[C@@]31O2. The molecule has 0 amide bonds. The van der Waals surface area contributed by atoms with Crippen molar-refractivity contribution < 1.29 is 9.53 Å². The minimum atomic E-state index is -0.0462. The van der Waals surface area contributed by atoms with E-state index < -0.39 is 0 Å². The molecule has 3 atom stereocenters. The lowest BCUT2D eigenvalue weighted by molar-refractivity contribution is -0.104. The van der Waals surface area contributed by atoms with Crippen LogP contribution in [0.1, 0.15) is 40.0 Å². The molecule has 1 aliphatic heterocycles. The average Bonchev–Trinajstić information content (AvgIpc) is 2.95. The highest BCUT2D eigenvalue weighted by molar-refractivity contribution is 5.77. The van der Waals surface area contributed by atoms with Crippen LogP contribution >= 0.6 is 0 Å². The fourth-order valence-electron chi connectivity index (χ4n) is 4.02. The summed E-state index contributed by atoms with van der Waals surface area (Å²) in [6.07, 6.45) is 10.4. The summed E-state index contributed by atoms with van der Waals surface area (Å²) in [6, 6.07) is 0. The molecule has 1 saturated carbocycles. The third-order valence-electron chi connectivity index (χ3n) is 5.27. The van der Waals surface area contributed by atoms with E-state index in [-0.39, 0.29) is 16.6 Å². The first-order valence-corrected chi connectivity index (χ1v) is 6.54. The van der Waals surface area contributed by atoms with E-state index in [1.54, 1.807) is 0 Å². The number of carbonyl (C=O) groups is 1. The topological polar surface area (TPSA) is 29.6 Å². The number of allylic oxidation sites excluding steroid dienone is 2. The molecule has 1 heterocycles. The van der Waals surface area contributed by atoms with Crippen LogP contribution in [0.5, 0.6) is 0 Å². The standard InChI is InChI=1S/C15H20O2/c1-11(2)14-9-8-13(3)6-4-12(10-16)5-7-15(13,14)17-14/h4-6,10-11H,7-9H2,1-3H3/t13-,14-,15-/m1/s1. The first kappa shape index (κ1) is 11.2. The van der Waals surface area contributed by atoms with Gasteiger partial charge in [-0.3, -0.25) is 4.79 Å². The summed E-state index contributed by atoms with van der Waals surface area (Å²) >= 11 is 0. The highest BCUT2D eigenvalue weighted by Gasteiger charge is 2.80. The Morgan fingerprint density at radius 3 is 2.76 bits per heavy atom. The fraction of sp³-hybridized carbons (Fsp3) is 0.667. The largest absolute Gasteiger partial charge is 0.361 e. The van der Waals surface area contributed by atoms with Gasteiger partial charge in [0.2, 0.25) is 0 Å². The summed E-state index contributed by atoms with van der Waals surface area (Å²) in [5.74, 6) is 0.545. The van der Waals surface area contributed by atoms with Gasteiger partial charge in [0.05, 0.1) is 0 Å². The Bertz CT molecular complexity index is 434. The Kier molecular flexibility index (Phi) is 2.05. The van der Waals surface area contributed by atoms with Crippen LogP contribution in [-0.4, -0.2) is 17.5 Å². The average molecular weight is 232 g/mol. The van der Waals surface area contributed by atoms with Crippen molar-refractivity contribution in [2.75, 3.05) is 0 Å². The van der Waals surface area contributed by atoms with Gasteiger partial charge in [0.25, 0.3) is 0 Å². The Morgan fingerprint density at radius 2 is 2.18 bits per heavy atom. The van der Waals surface area contributed by atoms with Crippen LogP contribution in [0, 0.1) is 11.3 Å². The molecular weight excluding hydrogens is 212 g/mol. The Hall–Kier alpha value is -0.890. The summed E-state index contributed by atoms with van der Waals surface area (Å²) in [4.78, 5) is 10.9. The number of ether oxygens (including phenoxy) is 1. The second-order valence-corrected chi connectivity index (χ2v) is 6.25. The minimum Gasteiger partial charge on any atom is -0.361 e. The number of aldehydes is 1. The summed E-state index contributed by atoms with van der Waals surface area (Å²) in [6.45, 7) is 6.78. The molecule has 0 unspecified atom stereocenters. The van der Waals surface area contributed by atoms with Crippen LogP contribution in [0.4, 0.5) is 0 Å². The zero-order chi connectivity index (χ0) is 12.3. The van der Waals surface area contributed by atoms with Gasteiger partial charge in [-0.25, -0.2) is 0 Å². The van der Waals surface area contributed by atoms with Crippen LogP contribution in [0.15, 0.2) is 23.8 Å². The molecule has 1 spiro atoms. The lowest BCUT2D eigenvalue weighted by atomic mass is 9.72. The molecule has 0 aromatic heterocycles. The van der Waals surface area contributed by atoms with Gasteiger partial charge in [0.1, 0.15) is 17.5 Å². The van der Waals surface area contributed by atoms with Gasteiger partial charge in [0.15, 0.2) is 0 Å². The van der Waals surface area contributed by atoms with Crippen molar-refractivity contribution in [3.8, 4) is 0 Å². The summed E-state index contributed by atoms with van der Waals surface area (Å²) < 4.78 is 6.26. The molecule has 3 rings (SSSR count). The van der Waals surface area contributed by atoms with E-state index >= 15 is 0 Å². The van der Waals surface area contributed by atoms with Crippen molar-refractivity contribution in [2.24, 2.45) is 11.3 Å². The van der Waals surface area contributed by atoms with E-state index in [1.165, 1.54) is 6.42 Å². The third kappa shape index (κ3) is 1.12. The van der Waals surface area contributed by atoms with E-state index in [0.717, 1.165) is 24.7 Å². The van der Waals surface area contributed by atoms with Gasteiger partial charge in [-0.15, -0.1) is 0 Å². The van der Waals surface area contributed by atoms with Crippen LogP contribution in [0.25, 0.3) is 0 Å². The molecule has 0 aromatic carbocycles. The molecule has 0 N–H and O–H groups in total. The molecule has 2 heteroatoms. The van der Waals surface area contributed by atoms with E-state index in [1.807, 2.05) is 12.2 Å². The Labute approximate surface area is 103 Å². The molecule has 92 valence electrons. The predicted molar refractivity (Wildman–Crippen MR) is 66.6 cm³/mol. The molecular formula is C15H20O2. The summed E-state index contributed by atoms with van der Waals surface area (Å²) in [7, 11) is 0. The van der Waals surface area contributed by atoms with Crippen molar-refractivity contribution in [3.63, 3.8) is 0 Å². The molecule has 1 saturated heterocycles. The van der Waals surface area contributed by atoms with Crippen molar-refractivity contribution in [1.82, 2.24) is 0 Å². The van der Waals surface area contributed by atoms with E-state index in [9.17, 15) is 4.79 Å². The van der Waals surface area contributed by atoms with E-state index in [4.69, 9.17) is 4.74 Å². The second-order valence-electron chi connectivity index (χ2n) is 6.25. The van der Waals surface area contributed by atoms with E-state index in [2.05, 4.69) is 26.8 Å². The fourth-order valence-corrected chi connectivity index (χ4v) is 4.02. The van der Waals surface area contributed by atoms with Gasteiger partial charge in [-0.1, -0.05) is 39.0 Å². The molecule has 3 aliphatic rings. The van der Waals surface area contributed by atoms with Gasteiger partial charge >= 0.3 is 0 Å². The van der Waals surface area contributed by atoms with Crippen LogP contribution in [-0.2, 0) is 9.53 Å². The third-order valence-corrected chi connectivity index (χ3v) is 5.27. The first-order chi connectivity index (χ1) is 8.00. The number of hydrogen-bond acceptors (Lipinski definition) is 2. The Balaban J connectivity index is 2.04. The lowest BCUT2D eigenvalue weighted by Gasteiger charge is -2.28. The number of epoxide rings is 1. The highest BCUT2D eigenvalue weighted by atomic mass is 16.6. The maximum atomic E-state index is 10.9. The molecule has 2 aliphatic carbocycles. The molecule has 2 nitrogen and oxygen atoms in total. The van der Waals surface area contributed by atoms with Crippen molar-refractivity contribution >= 4 is 6.29 Å². The minimum absolute atomic E-state index is 0.0462. The summed E-state index contributed by atoms with van der Waals surface area (Å²) in [5, 5.41) is 0. The zero-order valence-corrected chi connectivity index (χ0v) is 10.8. The molecule has 0 aromatic rings. The number of rotatable bonds is 2. The monoisotopic (exact) mass is 232 g/mol. The maximum absolute atomic E-state index is 10.9. The van der Waals surface area contributed by atoms with Crippen LogP contribution < -0.4 is 0 Å². The predicted octanol–water partition coefficient (Wildman–Crippen LogP) is 3.04. The molecule has 17 heavy (non-hydrogen) atoms. The Morgan fingerprint density at radius 1 is 1.41 bits per heavy atom. The zero-order valence-electron chi connectivity index (χ0n) is 10.8. The second kappa shape index (κ2) is 3.11. The highest BCUT2D eigenvalue weighted by Crippen LogP contribution is 2.73.